The molecule has 202 valence electrons. The molecule has 11 nitrogen and oxygen atoms in total. The SMILES string of the molecule is C=CC(=O)N[C@H]1CCC[C@H]1NC(=O)c1sc2nccc3c2c1NC(=O)N3c1ccc(Oc2ccccn2)nc1C. The van der Waals surface area contributed by atoms with Crippen molar-refractivity contribution in [3.8, 4) is 11.8 Å². The molecule has 2 aliphatic rings. The van der Waals surface area contributed by atoms with Crippen molar-refractivity contribution in [1.82, 2.24) is 25.6 Å². The van der Waals surface area contributed by atoms with Crippen LogP contribution in [0.25, 0.3) is 10.2 Å². The van der Waals surface area contributed by atoms with Crippen LogP contribution >= 0.6 is 11.3 Å². The molecule has 0 bridgehead atoms. The van der Waals surface area contributed by atoms with Crippen LogP contribution in [0.1, 0.15) is 34.6 Å². The fourth-order valence-corrected chi connectivity index (χ4v) is 6.13. The lowest BCUT2D eigenvalue weighted by atomic mass is 10.1. The van der Waals surface area contributed by atoms with E-state index in [-0.39, 0.29) is 23.9 Å². The summed E-state index contributed by atoms with van der Waals surface area (Å²) >= 11 is 1.21. The number of hydrogen-bond acceptors (Lipinski definition) is 8. The quantitative estimate of drug-likeness (QED) is 0.278. The number of carbonyl (C=O) groups excluding carboxylic acids is 3. The van der Waals surface area contributed by atoms with Crippen LogP contribution in [0.4, 0.5) is 21.9 Å². The van der Waals surface area contributed by atoms with Gasteiger partial charge in [-0.25, -0.2) is 19.7 Å². The van der Waals surface area contributed by atoms with Crippen molar-refractivity contribution in [3.63, 3.8) is 0 Å². The molecule has 5 heterocycles. The van der Waals surface area contributed by atoms with Gasteiger partial charge in [-0.2, -0.15) is 0 Å². The van der Waals surface area contributed by atoms with Crippen LogP contribution in [0, 0.1) is 6.92 Å². The van der Waals surface area contributed by atoms with Crippen LogP contribution < -0.4 is 25.6 Å². The number of pyridine rings is 3. The summed E-state index contributed by atoms with van der Waals surface area (Å²) in [6.45, 7) is 5.29. The maximum atomic E-state index is 13.5. The largest absolute Gasteiger partial charge is 0.421 e. The summed E-state index contributed by atoms with van der Waals surface area (Å²) in [6.07, 6.45) is 6.85. The minimum Gasteiger partial charge on any atom is -0.421 e. The summed E-state index contributed by atoms with van der Waals surface area (Å²) in [5.41, 5.74) is 2.15. The van der Waals surface area contributed by atoms with Gasteiger partial charge in [0.2, 0.25) is 17.7 Å². The molecule has 40 heavy (non-hydrogen) atoms. The Morgan fingerprint density at radius 1 is 1.07 bits per heavy atom. The summed E-state index contributed by atoms with van der Waals surface area (Å²) in [5.74, 6) is 0.165. The summed E-state index contributed by atoms with van der Waals surface area (Å²) in [5, 5.41) is 9.52. The maximum absolute atomic E-state index is 13.5. The predicted octanol–water partition coefficient (Wildman–Crippen LogP) is 4.82. The number of aromatic nitrogens is 3. The number of carbonyl (C=O) groups is 3. The zero-order chi connectivity index (χ0) is 27.8. The lowest BCUT2D eigenvalue weighted by Crippen LogP contribution is -2.48. The van der Waals surface area contributed by atoms with Crippen molar-refractivity contribution in [2.24, 2.45) is 0 Å². The summed E-state index contributed by atoms with van der Waals surface area (Å²) < 4.78 is 5.74. The summed E-state index contributed by atoms with van der Waals surface area (Å²) in [7, 11) is 0. The number of amides is 4. The molecular weight excluding hydrogens is 530 g/mol. The maximum Gasteiger partial charge on any atom is 0.331 e. The first-order chi connectivity index (χ1) is 19.4. The highest BCUT2D eigenvalue weighted by molar-refractivity contribution is 7.21. The summed E-state index contributed by atoms with van der Waals surface area (Å²) in [4.78, 5) is 54.4. The van der Waals surface area contributed by atoms with Gasteiger partial charge in [-0.15, -0.1) is 11.3 Å². The molecule has 6 rings (SSSR count). The highest BCUT2D eigenvalue weighted by Crippen LogP contribution is 2.46. The number of nitrogens with zero attached hydrogens (tertiary/aromatic N) is 4. The van der Waals surface area contributed by atoms with Crippen molar-refractivity contribution in [3.05, 3.63) is 72.0 Å². The van der Waals surface area contributed by atoms with Gasteiger partial charge in [-0.05, 0) is 50.5 Å². The molecule has 0 unspecified atom stereocenters. The molecule has 2 atom stereocenters. The van der Waals surface area contributed by atoms with Crippen LogP contribution in [0.5, 0.6) is 11.8 Å². The molecule has 0 spiro atoms. The fourth-order valence-electron chi connectivity index (χ4n) is 5.10. The Hall–Kier alpha value is -4.84. The van der Waals surface area contributed by atoms with Gasteiger partial charge in [-0.1, -0.05) is 12.6 Å². The normalized spacial score (nSPS) is 17.8. The molecule has 1 saturated carbocycles. The van der Waals surface area contributed by atoms with Crippen molar-refractivity contribution in [2.45, 2.75) is 38.3 Å². The van der Waals surface area contributed by atoms with E-state index in [9.17, 15) is 14.4 Å². The molecule has 1 fully saturated rings. The first-order valence-corrected chi connectivity index (χ1v) is 13.6. The zero-order valence-electron chi connectivity index (χ0n) is 21.5. The third-order valence-electron chi connectivity index (χ3n) is 6.92. The minimum atomic E-state index is -0.423. The van der Waals surface area contributed by atoms with E-state index in [1.165, 1.54) is 22.3 Å². The predicted molar refractivity (Wildman–Crippen MR) is 151 cm³/mol. The van der Waals surface area contributed by atoms with Gasteiger partial charge in [0.1, 0.15) is 9.71 Å². The van der Waals surface area contributed by atoms with Crippen LogP contribution in [-0.4, -0.2) is 44.9 Å². The number of urea groups is 1. The second-order valence-corrected chi connectivity index (χ2v) is 10.4. The molecule has 4 amide bonds. The Morgan fingerprint density at radius 2 is 1.90 bits per heavy atom. The van der Waals surface area contributed by atoms with E-state index in [1.807, 2.05) is 6.07 Å². The number of aryl methyl sites for hydroxylation is 1. The summed E-state index contributed by atoms with van der Waals surface area (Å²) in [6, 6.07) is 9.69. The topological polar surface area (TPSA) is 138 Å². The Bertz CT molecular complexity index is 1660. The van der Waals surface area contributed by atoms with Gasteiger partial charge in [0.25, 0.3) is 5.91 Å². The van der Waals surface area contributed by atoms with E-state index in [0.29, 0.717) is 49.6 Å². The average Bonchev–Trinajstić information content (AvgIpc) is 3.55. The Balaban J connectivity index is 1.30. The van der Waals surface area contributed by atoms with E-state index >= 15 is 0 Å². The number of nitrogens with one attached hydrogen (secondary N) is 3. The average molecular weight is 556 g/mol. The second-order valence-electron chi connectivity index (χ2n) is 9.44. The molecule has 4 aromatic rings. The standard InChI is InChI=1S/C28H25N7O4S/c1-3-20(36)32-16-7-6-8-17(16)33-26(37)25-24-23-19(12-14-30-27(23)40-25)35(28(38)34-24)18-10-11-22(31-15(18)2)39-21-9-4-5-13-29-21/h3-5,9-14,16-17H,1,6-8H2,2H3,(H,32,36)(H,33,37)(H,34,38)/t16-,17+/m0/s1. The van der Waals surface area contributed by atoms with Gasteiger partial charge >= 0.3 is 6.03 Å². The number of thiophene rings is 1. The van der Waals surface area contributed by atoms with E-state index in [1.54, 1.807) is 49.6 Å². The monoisotopic (exact) mass is 555 g/mol. The Kier molecular flexibility index (Phi) is 6.60. The van der Waals surface area contributed by atoms with E-state index < -0.39 is 6.03 Å². The molecule has 0 aromatic carbocycles. The Labute approximate surface area is 233 Å². The lowest BCUT2D eigenvalue weighted by molar-refractivity contribution is -0.117. The molecule has 3 N–H and O–H groups in total. The van der Waals surface area contributed by atoms with Crippen molar-refractivity contribution >= 4 is 56.5 Å². The number of rotatable bonds is 7. The molecular formula is C28H25N7O4S. The molecule has 1 aliphatic carbocycles. The minimum absolute atomic E-state index is 0.181. The van der Waals surface area contributed by atoms with Gasteiger partial charge in [0, 0.05) is 36.6 Å². The van der Waals surface area contributed by atoms with Crippen molar-refractivity contribution < 1.29 is 19.1 Å². The first-order valence-electron chi connectivity index (χ1n) is 12.8. The molecule has 12 heteroatoms. The molecule has 0 radical (unpaired) electrons. The molecule has 1 aliphatic heterocycles. The first kappa shape index (κ1) is 25.4. The van der Waals surface area contributed by atoms with Crippen LogP contribution in [-0.2, 0) is 4.79 Å². The third-order valence-corrected chi connectivity index (χ3v) is 8.01. The van der Waals surface area contributed by atoms with E-state index in [0.717, 1.165) is 19.3 Å². The number of anilines is 3. The van der Waals surface area contributed by atoms with Gasteiger partial charge in [0.05, 0.1) is 28.1 Å². The smallest absolute Gasteiger partial charge is 0.331 e. The Morgan fingerprint density at radius 3 is 2.65 bits per heavy atom. The van der Waals surface area contributed by atoms with Crippen LogP contribution in [0.3, 0.4) is 0 Å². The van der Waals surface area contributed by atoms with E-state index in [2.05, 4.69) is 37.5 Å². The van der Waals surface area contributed by atoms with Gasteiger partial charge in [-0.3, -0.25) is 14.5 Å². The fraction of sp³-hybridized carbons (Fsp3) is 0.214. The van der Waals surface area contributed by atoms with Crippen molar-refractivity contribution in [1.29, 1.82) is 0 Å². The molecule has 0 saturated heterocycles. The third kappa shape index (κ3) is 4.62. The van der Waals surface area contributed by atoms with Crippen LogP contribution in [0.15, 0.2) is 61.4 Å². The van der Waals surface area contributed by atoms with E-state index in [4.69, 9.17) is 4.74 Å². The van der Waals surface area contributed by atoms with Gasteiger partial charge < -0.3 is 20.7 Å². The van der Waals surface area contributed by atoms with Crippen LogP contribution in [0.2, 0.25) is 0 Å². The number of ether oxygens (including phenoxy) is 1. The highest BCUT2D eigenvalue weighted by atomic mass is 32.1. The van der Waals surface area contributed by atoms with Gasteiger partial charge in [0.15, 0.2) is 0 Å². The van der Waals surface area contributed by atoms with Crippen molar-refractivity contribution in [2.75, 3.05) is 10.2 Å². The number of hydrogen-bond donors (Lipinski definition) is 3. The highest BCUT2D eigenvalue weighted by Gasteiger charge is 2.35. The zero-order valence-corrected chi connectivity index (χ0v) is 22.3. The molecule has 4 aromatic heterocycles. The second kappa shape index (κ2) is 10.4. The lowest BCUT2D eigenvalue weighted by Gasteiger charge is -2.29.